The van der Waals surface area contributed by atoms with Gasteiger partial charge >= 0.3 is 0 Å². The van der Waals surface area contributed by atoms with E-state index >= 15 is 0 Å². The normalized spacial score (nSPS) is 12.0. The third kappa shape index (κ3) is 4.42. The van der Waals surface area contributed by atoms with Crippen LogP contribution in [0.25, 0.3) is 11.4 Å². The molecule has 28 heavy (non-hydrogen) atoms. The molecule has 0 bridgehead atoms. The summed E-state index contributed by atoms with van der Waals surface area (Å²) in [4.78, 5) is 14.3. The maximum atomic E-state index is 13.4. The summed E-state index contributed by atoms with van der Waals surface area (Å²) < 4.78 is 15.3. The number of amides is 1. The molecule has 0 saturated carbocycles. The number of halogens is 1. The smallest absolute Gasteiger partial charge is 0.235 e. The van der Waals surface area contributed by atoms with Crippen LogP contribution >= 0.6 is 11.8 Å². The SMILES string of the molecule is Cc1ccccc1-c1nnc(SC(C)C(=O)N(C)Cc2cccc(F)c2)n1C. The van der Waals surface area contributed by atoms with Gasteiger partial charge < -0.3 is 9.47 Å². The molecule has 146 valence electrons. The highest BCUT2D eigenvalue weighted by molar-refractivity contribution is 8.00. The largest absolute Gasteiger partial charge is 0.340 e. The predicted molar refractivity (Wildman–Crippen MR) is 109 cm³/mol. The average molecular weight is 399 g/mol. The van der Waals surface area contributed by atoms with Gasteiger partial charge in [-0.3, -0.25) is 4.79 Å². The van der Waals surface area contributed by atoms with Crippen molar-refractivity contribution >= 4 is 17.7 Å². The molecular weight excluding hydrogens is 375 g/mol. The first-order chi connectivity index (χ1) is 13.4. The number of aromatic nitrogens is 3. The molecule has 0 N–H and O–H groups in total. The number of rotatable bonds is 6. The van der Waals surface area contributed by atoms with Gasteiger partial charge in [0, 0.05) is 26.2 Å². The quantitative estimate of drug-likeness (QED) is 0.588. The summed E-state index contributed by atoms with van der Waals surface area (Å²) in [6.45, 7) is 4.23. The lowest BCUT2D eigenvalue weighted by molar-refractivity contribution is -0.129. The second kappa shape index (κ2) is 8.56. The number of aryl methyl sites for hydroxylation is 1. The van der Waals surface area contributed by atoms with Crippen molar-refractivity contribution in [1.82, 2.24) is 19.7 Å². The Labute approximate surface area is 168 Å². The molecule has 1 atom stereocenters. The van der Waals surface area contributed by atoms with Crippen LogP contribution in [0.1, 0.15) is 18.1 Å². The molecule has 0 aliphatic heterocycles. The van der Waals surface area contributed by atoms with Crippen LogP contribution in [0.4, 0.5) is 4.39 Å². The van der Waals surface area contributed by atoms with E-state index in [9.17, 15) is 9.18 Å². The van der Waals surface area contributed by atoms with Gasteiger partial charge in [-0.15, -0.1) is 10.2 Å². The monoisotopic (exact) mass is 398 g/mol. The molecule has 1 unspecified atom stereocenters. The molecule has 0 saturated heterocycles. The van der Waals surface area contributed by atoms with Crippen molar-refractivity contribution < 1.29 is 9.18 Å². The first-order valence-corrected chi connectivity index (χ1v) is 9.86. The summed E-state index contributed by atoms with van der Waals surface area (Å²) in [6.07, 6.45) is 0. The highest BCUT2D eigenvalue weighted by atomic mass is 32.2. The Morgan fingerprint density at radius 3 is 2.68 bits per heavy atom. The molecule has 0 spiro atoms. The van der Waals surface area contributed by atoms with Gasteiger partial charge in [-0.2, -0.15) is 0 Å². The molecule has 3 rings (SSSR count). The highest BCUT2D eigenvalue weighted by Crippen LogP contribution is 2.28. The minimum absolute atomic E-state index is 0.0466. The summed E-state index contributed by atoms with van der Waals surface area (Å²) in [6, 6.07) is 14.3. The number of benzene rings is 2. The van der Waals surface area contributed by atoms with E-state index in [0.29, 0.717) is 11.7 Å². The third-order valence-electron chi connectivity index (χ3n) is 4.54. The fourth-order valence-electron chi connectivity index (χ4n) is 2.98. The standard InChI is InChI=1S/C21H23FN4OS/c1-14-8-5-6-11-18(14)19-23-24-21(26(19)4)28-15(2)20(27)25(3)13-16-9-7-10-17(22)12-16/h5-12,15H,13H2,1-4H3. The van der Waals surface area contributed by atoms with Crippen LogP contribution < -0.4 is 0 Å². The molecular formula is C21H23FN4OS. The molecule has 3 aromatic rings. The zero-order valence-electron chi connectivity index (χ0n) is 16.4. The summed E-state index contributed by atoms with van der Waals surface area (Å²) in [5.74, 6) is 0.423. The Hall–Kier alpha value is -2.67. The Kier molecular flexibility index (Phi) is 6.14. The topological polar surface area (TPSA) is 51.0 Å². The number of nitrogens with zero attached hydrogens (tertiary/aromatic N) is 4. The van der Waals surface area contributed by atoms with Crippen molar-refractivity contribution in [2.24, 2.45) is 7.05 Å². The van der Waals surface area contributed by atoms with Gasteiger partial charge in [-0.05, 0) is 37.1 Å². The van der Waals surface area contributed by atoms with Crippen LogP contribution in [0, 0.1) is 12.7 Å². The minimum Gasteiger partial charge on any atom is -0.340 e. The minimum atomic E-state index is -0.342. The maximum Gasteiger partial charge on any atom is 0.235 e. The van der Waals surface area contributed by atoms with Gasteiger partial charge in [0.25, 0.3) is 0 Å². The van der Waals surface area contributed by atoms with Crippen molar-refractivity contribution in [2.75, 3.05) is 7.05 Å². The van der Waals surface area contributed by atoms with Crippen molar-refractivity contribution in [3.63, 3.8) is 0 Å². The molecule has 0 radical (unpaired) electrons. The first kappa shape index (κ1) is 20.1. The number of carbonyl (C=O) groups excluding carboxylic acids is 1. The Bertz CT molecular complexity index is 988. The van der Waals surface area contributed by atoms with E-state index in [0.717, 1.165) is 22.5 Å². The predicted octanol–water partition coefficient (Wildman–Crippen LogP) is 4.07. The molecule has 1 amide bonds. The average Bonchev–Trinajstić information content (AvgIpc) is 3.01. The molecule has 0 aliphatic rings. The number of hydrogen-bond acceptors (Lipinski definition) is 4. The van der Waals surface area contributed by atoms with E-state index in [-0.39, 0.29) is 17.0 Å². The molecule has 0 fully saturated rings. The van der Waals surface area contributed by atoms with Crippen molar-refractivity contribution in [3.05, 3.63) is 65.5 Å². The third-order valence-corrected chi connectivity index (χ3v) is 5.66. The van der Waals surface area contributed by atoms with Crippen LogP contribution in [0.5, 0.6) is 0 Å². The fourth-order valence-corrected chi connectivity index (χ4v) is 3.91. The maximum absolute atomic E-state index is 13.4. The number of carbonyl (C=O) groups is 1. The zero-order valence-corrected chi connectivity index (χ0v) is 17.2. The molecule has 2 aromatic carbocycles. The van der Waals surface area contributed by atoms with Gasteiger partial charge in [0.05, 0.1) is 5.25 Å². The van der Waals surface area contributed by atoms with Crippen LogP contribution in [-0.2, 0) is 18.4 Å². The van der Waals surface area contributed by atoms with Crippen LogP contribution in [0.15, 0.2) is 53.7 Å². The Morgan fingerprint density at radius 1 is 1.21 bits per heavy atom. The summed E-state index contributed by atoms with van der Waals surface area (Å²) in [5, 5.41) is 8.91. The Balaban J connectivity index is 1.70. The summed E-state index contributed by atoms with van der Waals surface area (Å²) >= 11 is 1.37. The van der Waals surface area contributed by atoms with Gasteiger partial charge in [0.2, 0.25) is 5.91 Å². The summed E-state index contributed by atoms with van der Waals surface area (Å²) in [5.41, 5.74) is 2.90. The molecule has 1 heterocycles. The van der Waals surface area contributed by atoms with Crippen LogP contribution in [-0.4, -0.2) is 37.9 Å². The summed E-state index contributed by atoms with van der Waals surface area (Å²) in [7, 11) is 3.62. The molecule has 7 heteroatoms. The van der Waals surface area contributed by atoms with E-state index in [1.54, 1.807) is 18.0 Å². The molecule has 1 aromatic heterocycles. The van der Waals surface area contributed by atoms with E-state index in [1.165, 1.54) is 23.9 Å². The lowest BCUT2D eigenvalue weighted by atomic mass is 10.1. The fraction of sp³-hybridized carbons (Fsp3) is 0.286. The van der Waals surface area contributed by atoms with Crippen molar-refractivity contribution in [2.45, 2.75) is 30.8 Å². The highest BCUT2D eigenvalue weighted by Gasteiger charge is 2.22. The lowest BCUT2D eigenvalue weighted by Crippen LogP contribution is -2.33. The van der Waals surface area contributed by atoms with Gasteiger partial charge in [-0.1, -0.05) is 48.2 Å². The van der Waals surface area contributed by atoms with Gasteiger partial charge in [0.15, 0.2) is 11.0 Å². The Morgan fingerprint density at radius 2 is 1.96 bits per heavy atom. The number of hydrogen-bond donors (Lipinski definition) is 0. The number of thioether (sulfide) groups is 1. The van der Waals surface area contributed by atoms with Crippen LogP contribution in [0.3, 0.4) is 0 Å². The van der Waals surface area contributed by atoms with Gasteiger partial charge in [0.1, 0.15) is 5.82 Å². The van der Waals surface area contributed by atoms with Gasteiger partial charge in [-0.25, -0.2) is 4.39 Å². The van der Waals surface area contributed by atoms with Crippen molar-refractivity contribution in [1.29, 1.82) is 0 Å². The van der Waals surface area contributed by atoms with E-state index in [1.807, 2.05) is 55.8 Å². The second-order valence-corrected chi connectivity index (χ2v) is 8.07. The molecule has 5 nitrogen and oxygen atoms in total. The first-order valence-electron chi connectivity index (χ1n) is 8.98. The van der Waals surface area contributed by atoms with E-state index in [2.05, 4.69) is 10.2 Å². The van der Waals surface area contributed by atoms with Crippen LogP contribution in [0.2, 0.25) is 0 Å². The molecule has 0 aliphatic carbocycles. The van der Waals surface area contributed by atoms with Crippen molar-refractivity contribution in [3.8, 4) is 11.4 Å². The van der Waals surface area contributed by atoms with E-state index in [4.69, 9.17) is 0 Å². The zero-order chi connectivity index (χ0) is 20.3. The second-order valence-electron chi connectivity index (χ2n) is 6.76. The lowest BCUT2D eigenvalue weighted by Gasteiger charge is -2.21. The van der Waals surface area contributed by atoms with E-state index < -0.39 is 0 Å².